The van der Waals surface area contributed by atoms with Crippen LogP contribution in [0.25, 0.3) is 0 Å². The average Bonchev–Trinajstić information content (AvgIpc) is 2.91. The molecule has 1 saturated heterocycles. The van der Waals surface area contributed by atoms with E-state index in [1.807, 2.05) is 24.3 Å². The molecule has 7 heteroatoms. The predicted molar refractivity (Wildman–Crippen MR) is 79.9 cm³/mol. The van der Waals surface area contributed by atoms with E-state index in [-0.39, 0.29) is 12.1 Å². The van der Waals surface area contributed by atoms with Gasteiger partial charge in [0.15, 0.2) is 0 Å². The standard InChI is InChI=1S/C14H17BrN2O4/c1-21-11-6-12(13(18)19)17(8-11)14(20)16-7-9-2-4-10(15)5-3-9/h2-5,11-12H,6-8H2,1H3,(H,16,20)(H,18,19). The van der Waals surface area contributed by atoms with Gasteiger partial charge < -0.3 is 20.1 Å². The lowest BCUT2D eigenvalue weighted by Gasteiger charge is -2.21. The molecule has 1 aromatic rings. The van der Waals surface area contributed by atoms with Gasteiger partial charge in [-0.25, -0.2) is 9.59 Å². The first-order valence-electron chi connectivity index (χ1n) is 6.55. The van der Waals surface area contributed by atoms with E-state index in [1.165, 1.54) is 12.0 Å². The van der Waals surface area contributed by atoms with Crippen molar-refractivity contribution >= 4 is 27.9 Å². The van der Waals surface area contributed by atoms with Gasteiger partial charge in [0.2, 0.25) is 0 Å². The third-order valence-corrected chi connectivity index (χ3v) is 4.03. The molecule has 2 rings (SSSR count). The number of hydrogen-bond acceptors (Lipinski definition) is 3. The van der Waals surface area contributed by atoms with E-state index in [2.05, 4.69) is 21.2 Å². The number of nitrogens with one attached hydrogen (secondary N) is 1. The molecule has 0 spiro atoms. The Morgan fingerprint density at radius 2 is 2.10 bits per heavy atom. The summed E-state index contributed by atoms with van der Waals surface area (Å²) in [6, 6.07) is 6.34. The van der Waals surface area contributed by atoms with E-state index < -0.39 is 12.0 Å². The van der Waals surface area contributed by atoms with Crippen LogP contribution in [0.4, 0.5) is 4.79 Å². The fraction of sp³-hybridized carbons (Fsp3) is 0.429. The topological polar surface area (TPSA) is 78.9 Å². The van der Waals surface area contributed by atoms with Crippen molar-refractivity contribution in [2.24, 2.45) is 0 Å². The lowest BCUT2D eigenvalue weighted by Crippen LogP contribution is -2.46. The number of carboxylic acids is 1. The molecule has 1 fully saturated rings. The number of carbonyl (C=O) groups is 2. The molecule has 6 nitrogen and oxygen atoms in total. The van der Waals surface area contributed by atoms with Crippen molar-refractivity contribution in [3.63, 3.8) is 0 Å². The zero-order valence-corrected chi connectivity index (χ0v) is 13.2. The molecule has 21 heavy (non-hydrogen) atoms. The number of benzene rings is 1. The zero-order valence-electron chi connectivity index (χ0n) is 11.6. The first kappa shape index (κ1) is 15.8. The van der Waals surface area contributed by atoms with Gasteiger partial charge in [-0.15, -0.1) is 0 Å². The van der Waals surface area contributed by atoms with Gasteiger partial charge in [-0.05, 0) is 17.7 Å². The second kappa shape index (κ2) is 6.91. The van der Waals surface area contributed by atoms with Gasteiger partial charge in [-0.1, -0.05) is 28.1 Å². The Morgan fingerprint density at radius 3 is 2.67 bits per heavy atom. The molecule has 1 aliphatic heterocycles. The van der Waals surface area contributed by atoms with Crippen LogP contribution in [0.1, 0.15) is 12.0 Å². The molecule has 1 heterocycles. The number of urea groups is 1. The Kier molecular flexibility index (Phi) is 5.19. The number of halogens is 1. The second-order valence-electron chi connectivity index (χ2n) is 4.88. The van der Waals surface area contributed by atoms with Crippen molar-refractivity contribution in [1.82, 2.24) is 10.2 Å². The molecule has 1 aromatic carbocycles. The second-order valence-corrected chi connectivity index (χ2v) is 5.80. The summed E-state index contributed by atoms with van der Waals surface area (Å²) in [4.78, 5) is 24.7. The SMILES string of the molecule is COC1CC(C(=O)O)N(C(=O)NCc2ccc(Br)cc2)C1. The molecule has 0 aromatic heterocycles. The molecular formula is C14H17BrN2O4. The number of methoxy groups -OCH3 is 1. The Balaban J connectivity index is 1.95. The van der Waals surface area contributed by atoms with Crippen LogP contribution in [0.15, 0.2) is 28.7 Å². The summed E-state index contributed by atoms with van der Waals surface area (Å²) in [6.45, 7) is 0.645. The highest BCUT2D eigenvalue weighted by Gasteiger charge is 2.39. The van der Waals surface area contributed by atoms with Crippen LogP contribution in [0.2, 0.25) is 0 Å². The molecule has 0 aliphatic carbocycles. The van der Waals surface area contributed by atoms with Gasteiger partial charge in [-0.2, -0.15) is 0 Å². The minimum absolute atomic E-state index is 0.232. The zero-order chi connectivity index (χ0) is 15.4. The Bertz CT molecular complexity index is 520. The van der Waals surface area contributed by atoms with Crippen LogP contribution in [-0.4, -0.2) is 47.8 Å². The van der Waals surface area contributed by atoms with Crippen molar-refractivity contribution in [2.75, 3.05) is 13.7 Å². The summed E-state index contributed by atoms with van der Waals surface area (Å²) in [5.74, 6) is -1.01. The van der Waals surface area contributed by atoms with E-state index >= 15 is 0 Å². The summed E-state index contributed by atoms with van der Waals surface area (Å²) in [5, 5.41) is 11.9. The largest absolute Gasteiger partial charge is 0.480 e. The van der Waals surface area contributed by atoms with Gasteiger partial charge in [-0.3, -0.25) is 0 Å². The van der Waals surface area contributed by atoms with E-state index in [1.54, 1.807) is 0 Å². The normalized spacial score (nSPS) is 21.3. The third kappa shape index (κ3) is 3.95. The maximum absolute atomic E-state index is 12.1. The maximum atomic E-state index is 12.1. The predicted octanol–water partition coefficient (Wildman–Crippen LogP) is 1.83. The summed E-state index contributed by atoms with van der Waals surface area (Å²) in [6.07, 6.45) is 0.0851. The fourth-order valence-corrected chi connectivity index (χ4v) is 2.57. The average molecular weight is 357 g/mol. The highest BCUT2D eigenvalue weighted by atomic mass is 79.9. The Morgan fingerprint density at radius 1 is 1.43 bits per heavy atom. The first-order chi connectivity index (χ1) is 10.0. The van der Waals surface area contributed by atoms with E-state index in [0.717, 1.165) is 10.0 Å². The number of rotatable bonds is 4. The van der Waals surface area contributed by atoms with E-state index in [9.17, 15) is 14.7 Å². The molecular weight excluding hydrogens is 340 g/mol. The fourth-order valence-electron chi connectivity index (χ4n) is 2.31. The summed E-state index contributed by atoms with van der Waals surface area (Å²) >= 11 is 3.34. The summed E-state index contributed by atoms with van der Waals surface area (Å²) < 4.78 is 6.12. The van der Waals surface area contributed by atoms with Crippen LogP contribution in [0.3, 0.4) is 0 Å². The summed E-state index contributed by atoms with van der Waals surface area (Å²) in [5.41, 5.74) is 0.945. The highest BCUT2D eigenvalue weighted by molar-refractivity contribution is 9.10. The quantitative estimate of drug-likeness (QED) is 0.862. The van der Waals surface area contributed by atoms with Gasteiger partial charge in [0, 0.05) is 31.1 Å². The summed E-state index contributed by atoms with van der Waals surface area (Å²) in [7, 11) is 1.52. The van der Waals surface area contributed by atoms with Crippen LogP contribution in [0.5, 0.6) is 0 Å². The van der Waals surface area contributed by atoms with Crippen LogP contribution < -0.4 is 5.32 Å². The Hall–Kier alpha value is -1.60. The van der Waals surface area contributed by atoms with Crippen LogP contribution in [-0.2, 0) is 16.1 Å². The number of likely N-dealkylation sites (tertiary alicyclic amines) is 1. The monoisotopic (exact) mass is 356 g/mol. The smallest absolute Gasteiger partial charge is 0.326 e. The molecule has 0 radical (unpaired) electrons. The van der Waals surface area contributed by atoms with Gasteiger partial charge >= 0.3 is 12.0 Å². The number of nitrogens with zero attached hydrogens (tertiary/aromatic N) is 1. The number of carbonyl (C=O) groups excluding carboxylic acids is 1. The number of ether oxygens (including phenoxy) is 1. The molecule has 0 bridgehead atoms. The lowest BCUT2D eigenvalue weighted by molar-refractivity contribution is -0.141. The Labute approximate surface area is 131 Å². The molecule has 2 amide bonds. The van der Waals surface area contributed by atoms with Crippen molar-refractivity contribution in [1.29, 1.82) is 0 Å². The maximum Gasteiger partial charge on any atom is 0.326 e. The number of hydrogen-bond donors (Lipinski definition) is 2. The van der Waals surface area contributed by atoms with Gasteiger partial charge in [0.05, 0.1) is 6.10 Å². The lowest BCUT2D eigenvalue weighted by atomic mass is 10.2. The number of aliphatic carboxylic acids is 1. The van der Waals surface area contributed by atoms with E-state index in [4.69, 9.17) is 4.74 Å². The van der Waals surface area contributed by atoms with Gasteiger partial charge in [0.1, 0.15) is 6.04 Å². The van der Waals surface area contributed by atoms with Crippen LogP contribution >= 0.6 is 15.9 Å². The van der Waals surface area contributed by atoms with Crippen molar-refractivity contribution in [3.8, 4) is 0 Å². The van der Waals surface area contributed by atoms with Crippen molar-refractivity contribution in [3.05, 3.63) is 34.3 Å². The van der Waals surface area contributed by atoms with Crippen LogP contribution in [0, 0.1) is 0 Å². The minimum Gasteiger partial charge on any atom is -0.480 e. The highest BCUT2D eigenvalue weighted by Crippen LogP contribution is 2.20. The van der Waals surface area contributed by atoms with Gasteiger partial charge in [0.25, 0.3) is 0 Å². The molecule has 1 aliphatic rings. The minimum atomic E-state index is -1.01. The first-order valence-corrected chi connectivity index (χ1v) is 7.35. The molecule has 2 atom stereocenters. The van der Waals surface area contributed by atoms with Crippen molar-refractivity contribution in [2.45, 2.75) is 25.1 Å². The number of amides is 2. The third-order valence-electron chi connectivity index (χ3n) is 3.50. The van der Waals surface area contributed by atoms with E-state index in [0.29, 0.717) is 19.5 Å². The number of carboxylic acid groups (broad SMARTS) is 1. The molecule has 114 valence electrons. The molecule has 2 unspecified atom stereocenters. The molecule has 0 saturated carbocycles. The van der Waals surface area contributed by atoms with Crippen molar-refractivity contribution < 1.29 is 19.4 Å². The molecule has 2 N–H and O–H groups in total.